The number of β-lactam (4-membered cyclic amide) rings is 1. The summed E-state index contributed by atoms with van der Waals surface area (Å²) in [6.45, 7) is 5.15. The lowest BCUT2D eigenvalue weighted by atomic mass is 9.91. The Morgan fingerprint density at radius 1 is 1.75 bits per heavy atom. The van der Waals surface area contributed by atoms with Crippen molar-refractivity contribution in [2.75, 3.05) is 13.7 Å². The monoisotopic (exact) mass is 227 g/mol. The summed E-state index contributed by atoms with van der Waals surface area (Å²) in [6.07, 6.45) is 0.0587. The highest BCUT2D eigenvalue weighted by Gasteiger charge is 2.49. The Bertz CT molecular complexity index is 302. The van der Waals surface area contributed by atoms with Crippen molar-refractivity contribution in [3.8, 4) is 0 Å². The molecule has 90 valence electrons. The van der Waals surface area contributed by atoms with Gasteiger partial charge in [0.05, 0.1) is 18.8 Å². The molecule has 0 aromatic carbocycles. The van der Waals surface area contributed by atoms with Gasteiger partial charge in [0.25, 0.3) is 5.91 Å². The van der Waals surface area contributed by atoms with Crippen LogP contribution in [0.3, 0.4) is 0 Å². The van der Waals surface area contributed by atoms with Gasteiger partial charge in [-0.1, -0.05) is 6.08 Å². The summed E-state index contributed by atoms with van der Waals surface area (Å²) in [4.78, 5) is 23.7. The van der Waals surface area contributed by atoms with Crippen molar-refractivity contribution in [1.29, 1.82) is 0 Å². The maximum Gasteiger partial charge on any atom is 0.254 e. The summed E-state index contributed by atoms with van der Waals surface area (Å²) in [5.74, 6) is -0.280. The van der Waals surface area contributed by atoms with E-state index in [9.17, 15) is 14.7 Å². The van der Waals surface area contributed by atoms with E-state index < -0.39 is 18.2 Å². The van der Waals surface area contributed by atoms with Crippen LogP contribution in [0, 0.1) is 0 Å². The molecule has 1 rings (SSSR count). The van der Waals surface area contributed by atoms with E-state index >= 15 is 0 Å². The van der Waals surface area contributed by atoms with Crippen LogP contribution < -0.4 is 0 Å². The second-order valence-corrected chi connectivity index (χ2v) is 3.96. The van der Waals surface area contributed by atoms with E-state index in [0.717, 1.165) is 0 Å². The molecule has 0 aromatic rings. The molecule has 1 aliphatic heterocycles. The van der Waals surface area contributed by atoms with Crippen molar-refractivity contribution in [2.45, 2.75) is 31.6 Å². The van der Waals surface area contributed by atoms with Crippen LogP contribution in [0.2, 0.25) is 0 Å². The maximum atomic E-state index is 11.4. The highest BCUT2D eigenvalue weighted by atomic mass is 16.5. The number of ketones is 1. The molecule has 5 heteroatoms. The minimum atomic E-state index is -0.866. The van der Waals surface area contributed by atoms with Crippen LogP contribution in [0.15, 0.2) is 12.7 Å². The fourth-order valence-corrected chi connectivity index (χ4v) is 1.83. The molecule has 16 heavy (non-hydrogen) atoms. The van der Waals surface area contributed by atoms with Crippen molar-refractivity contribution in [3.05, 3.63) is 12.7 Å². The van der Waals surface area contributed by atoms with Crippen LogP contribution in [-0.4, -0.2) is 53.6 Å². The van der Waals surface area contributed by atoms with E-state index in [2.05, 4.69) is 6.58 Å². The van der Waals surface area contributed by atoms with Crippen LogP contribution in [-0.2, 0) is 14.3 Å². The average molecular weight is 227 g/mol. The minimum Gasteiger partial charge on any atom is -0.390 e. The zero-order valence-corrected chi connectivity index (χ0v) is 9.55. The standard InChI is InChI=1S/C11H17NO4/c1-4-5-16-10-9(12(3)11(10)15)8(14)6-7(2)13/h4,8-10,14H,1,5-6H2,2-3H3/t8-,9+,10-/m1/s1. The molecule has 0 aromatic heterocycles. The Hall–Kier alpha value is -1.20. The lowest BCUT2D eigenvalue weighted by molar-refractivity contribution is -0.180. The fourth-order valence-electron chi connectivity index (χ4n) is 1.83. The highest BCUT2D eigenvalue weighted by Crippen LogP contribution is 2.25. The summed E-state index contributed by atoms with van der Waals surface area (Å²) in [6, 6.07) is -0.434. The van der Waals surface area contributed by atoms with Crippen molar-refractivity contribution in [2.24, 2.45) is 0 Å². The molecular formula is C11H17NO4. The number of amides is 1. The van der Waals surface area contributed by atoms with Crippen LogP contribution >= 0.6 is 0 Å². The third kappa shape index (κ3) is 2.48. The number of hydrogen-bond acceptors (Lipinski definition) is 4. The largest absolute Gasteiger partial charge is 0.390 e. The number of likely N-dealkylation sites (tertiary alicyclic amines) is 1. The number of hydrogen-bond donors (Lipinski definition) is 1. The molecule has 0 aliphatic carbocycles. The highest BCUT2D eigenvalue weighted by molar-refractivity contribution is 5.88. The normalized spacial score (nSPS) is 26.2. The lowest BCUT2D eigenvalue weighted by Crippen LogP contribution is -2.68. The molecule has 5 nitrogen and oxygen atoms in total. The van der Waals surface area contributed by atoms with Gasteiger partial charge >= 0.3 is 0 Å². The molecule has 1 N–H and O–H groups in total. The molecule has 1 aliphatic rings. The first kappa shape index (κ1) is 12.9. The molecule has 0 unspecified atom stereocenters. The topological polar surface area (TPSA) is 66.8 Å². The van der Waals surface area contributed by atoms with Gasteiger partial charge in [0, 0.05) is 13.5 Å². The number of likely N-dealkylation sites (N-methyl/N-ethyl adjacent to an activating group) is 1. The SMILES string of the molecule is C=CCO[C@H]1C(=O)N(C)[C@H]1[C@H](O)CC(C)=O. The molecular weight excluding hydrogens is 210 g/mol. The number of aliphatic hydroxyl groups excluding tert-OH is 1. The number of carbonyl (C=O) groups excluding carboxylic acids is 2. The number of aliphatic hydroxyl groups is 1. The van der Waals surface area contributed by atoms with E-state index in [4.69, 9.17) is 4.74 Å². The zero-order valence-electron chi connectivity index (χ0n) is 9.55. The van der Waals surface area contributed by atoms with Crippen molar-refractivity contribution >= 4 is 11.7 Å². The van der Waals surface area contributed by atoms with E-state index in [1.165, 1.54) is 11.8 Å². The third-order valence-corrected chi connectivity index (χ3v) is 2.63. The lowest BCUT2D eigenvalue weighted by Gasteiger charge is -2.46. The van der Waals surface area contributed by atoms with Crippen molar-refractivity contribution in [3.63, 3.8) is 0 Å². The Balaban J connectivity index is 2.58. The second-order valence-electron chi connectivity index (χ2n) is 3.96. The van der Waals surface area contributed by atoms with Crippen molar-refractivity contribution in [1.82, 2.24) is 4.90 Å². The Morgan fingerprint density at radius 2 is 2.38 bits per heavy atom. The van der Waals surface area contributed by atoms with Gasteiger partial charge in [-0.25, -0.2) is 0 Å². The minimum absolute atomic E-state index is 0.0379. The predicted molar refractivity (Wildman–Crippen MR) is 57.8 cm³/mol. The molecule has 0 saturated carbocycles. The number of rotatable bonds is 6. The first-order valence-electron chi connectivity index (χ1n) is 5.15. The number of Topliss-reactive ketones (excluding diaryl/α,β-unsaturated/α-hetero) is 1. The van der Waals surface area contributed by atoms with Crippen LogP contribution in [0.1, 0.15) is 13.3 Å². The first-order valence-corrected chi connectivity index (χ1v) is 5.15. The molecule has 0 radical (unpaired) electrons. The fraction of sp³-hybridized carbons (Fsp3) is 0.636. The maximum absolute atomic E-state index is 11.4. The summed E-state index contributed by atoms with van der Waals surface area (Å²) in [7, 11) is 1.59. The van der Waals surface area contributed by atoms with E-state index in [1.54, 1.807) is 13.1 Å². The van der Waals surface area contributed by atoms with E-state index in [1.807, 2.05) is 0 Å². The summed E-state index contributed by atoms with van der Waals surface area (Å²) >= 11 is 0. The number of ether oxygens (including phenoxy) is 1. The molecule has 1 heterocycles. The average Bonchev–Trinajstić information content (AvgIpc) is 2.21. The molecule has 0 bridgehead atoms. The van der Waals surface area contributed by atoms with Crippen molar-refractivity contribution < 1.29 is 19.4 Å². The molecule has 1 saturated heterocycles. The number of carbonyl (C=O) groups is 2. The molecule has 1 fully saturated rings. The van der Waals surface area contributed by atoms with E-state index in [0.29, 0.717) is 0 Å². The van der Waals surface area contributed by atoms with Crippen LogP contribution in [0.5, 0.6) is 0 Å². The first-order chi connectivity index (χ1) is 7.49. The summed E-state index contributed by atoms with van der Waals surface area (Å²) < 4.78 is 5.24. The van der Waals surface area contributed by atoms with Gasteiger partial charge in [0.1, 0.15) is 5.78 Å². The van der Waals surface area contributed by atoms with Gasteiger partial charge in [0.2, 0.25) is 0 Å². The Morgan fingerprint density at radius 3 is 2.88 bits per heavy atom. The summed E-state index contributed by atoms with van der Waals surface area (Å²) in [5, 5.41) is 9.78. The Kier molecular flexibility index (Phi) is 4.20. The smallest absolute Gasteiger partial charge is 0.254 e. The predicted octanol–water partition coefficient (Wildman–Crippen LogP) is -0.262. The van der Waals surface area contributed by atoms with Gasteiger partial charge in [-0.05, 0) is 6.92 Å². The zero-order chi connectivity index (χ0) is 12.3. The van der Waals surface area contributed by atoms with Gasteiger partial charge < -0.3 is 14.7 Å². The Labute approximate surface area is 94.7 Å². The van der Waals surface area contributed by atoms with E-state index in [-0.39, 0.29) is 24.7 Å². The molecule has 0 spiro atoms. The van der Waals surface area contributed by atoms with Gasteiger partial charge in [-0.2, -0.15) is 0 Å². The molecule has 3 atom stereocenters. The van der Waals surface area contributed by atoms with Gasteiger partial charge in [0.15, 0.2) is 6.10 Å². The summed E-state index contributed by atoms with van der Waals surface area (Å²) in [5.41, 5.74) is 0. The third-order valence-electron chi connectivity index (χ3n) is 2.63. The van der Waals surface area contributed by atoms with Crippen LogP contribution in [0.25, 0.3) is 0 Å². The molecule has 1 amide bonds. The van der Waals surface area contributed by atoms with Gasteiger partial charge in [-0.15, -0.1) is 6.58 Å². The van der Waals surface area contributed by atoms with Crippen LogP contribution in [0.4, 0.5) is 0 Å². The van der Waals surface area contributed by atoms with Gasteiger partial charge in [-0.3, -0.25) is 9.59 Å². The second kappa shape index (κ2) is 5.23. The quantitative estimate of drug-likeness (QED) is 0.501. The number of nitrogens with zero attached hydrogens (tertiary/aromatic N) is 1.